The van der Waals surface area contributed by atoms with Gasteiger partial charge in [-0.25, -0.2) is 4.57 Å². The summed E-state index contributed by atoms with van der Waals surface area (Å²) in [6.07, 6.45) is 0. The summed E-state index contributed by atoms with van der Waals surface area (Å²) in [6, 6.07) is 3.39. The first-order chi connectivity index (χ1) is 8.11. The highest BCUT2D eigenvalue weighted by Crippen LogP contribution is 2.45. The summed E-state index contributed by atoms with van der Waals surface area (Å²) in [5.41, 5.74) is 7.81. The van der Waals surface area contributed by atoms with E-state index in [4.69, 9.17) is 20.0 Å². The molecule has 102 valence electrons. The molecule has 1 aromatic rings. The summed E-state index contributed by atoms with van der Waals surface area (Å²) < 4.78 is 15.9. The summed E-state index contributed by atoms with van der Waals surface area (Å²) >= 11 is 0. The van der Waals surface area contributed by atoms with E-state index in [0.29, 0.717) is 16.8 Å². The number of phosphoric acid groups is 1. The lowest BCUT2D eigenvalue weighted by atomic mass is 9.93. The van der Waals surface area contributed by atoms with Gasteiger partial charge in [0, 0.05) is 5.69 Å². The van der Waals surface area contributed by atoms with E-state index >= 15 is 0 Å². The molecule has 0 radical (unpaired) electrons. The van der Waals surface area contributed by atoms with E-state index in [-0.39, 0.29) is 17.6 Å². The van der Waals surface area contributed by atoms with Gasteiger partial charge in [0.2, 0.25) is 0 Å². The standard InChI is InChI=1S/C12H20NO4P/c1-7(2)10-5-9(13)6-11(8(3)4)12(10)17-18(14,15)16/h5-8H,13H2,1-4H3,(H2,14,15,16). The second-order valence-electron chi connectivity index (χ2n) is 4.92. The van der Waals surface area contributed by atoms with E-state index in [2.05, 4.69) is 0 Å². The average Bonchev–Trinajstić information content (AvgIpc) is 2.17. The molecule has 0 saturated heterocycles. The van der Waals surface area contributed by atoms with Crippen LogP contribution in [0.5, 0.6) is 5.75 Å². The minimum Gasteiger partial charge on any atom is -0.404 e. The number of rotatable bonds is 4. The molecule has 0 saturated carbocycles. The largest absolute Gasteiger partial charge is 0.524 e. The van der Waals surface area contributed by atoms with E-state index < -0.39 is 7.82 Å². The Morgan fingerprint density at radius 3 is 1.78 bits per heavy atom. The average molecular weight is 273 g/mol. The lowest BCUT2D eigenvalue weighted by molar-refractivity contribution is 0.280. The Labute approximate surface area is 107 Å². The van der Waals surface area contributed by atoms with E-state index in [9.17, 15) is 4.57 Å². The van der Waals surface area contributed by atoms with Crippen molar-refractivity contribution in [1.29, 1.82) is 0 Å². The predicted octanol–water partition coefficient (Wildman–Crippen LogP) is 2.99. The van der Waals surface area contributed by atoms with Crippen molar-refractivity contribution in [3.05, 3.63) is 23.3 Å². The van der Waals surface area contributed by atoms with Crippen molar-refractivity contribution >= 4 is 13.5 Å². The fraction of sp³-hybridized carbons (Fsp3) is 0.500. The highest BCUT2D eigenvalue weighted by Gasteiger charge is 2.24. The van der Waals surface area contributed by atoms with Gasteiger partial charge in [0.25, 0.3) is 0 Å². The van der Waals surface area contributed by atoms with Crippen molar-refractivity contribution in [2.45, 2.75) is 39.5 Å². The summed E-state index contributed by atoms with van der Waals surface area (Å²) in [5, 5.41) is 0. The molecule has 0 aliphatic rings. The molecule has 0 unspecified atom stereocenters. The SMILES string of the molecule is CC(C)c1cc(N)cc(C(C)C)c1OP(=O)(O)O. The maximum absolute atomic E-state index is 11.1. The zero-order valence-electron chi connectivity index (χ0n) is 11.0. The van der Waals surface area contributed by atoms with Gasteiger partial charge in [-0.2, -0.15) is 0 Å². The van der Waals surface area contributed by atoms with Crippen molar-refractivity contribution in [2.24, 2.45) is 0 Å². The molecule has 1 rings (SSSR count). The van der Waals surface area contributed by atoms with Gasteiger partial charge in [-0.05, 0) is 35.1 Å². The number of nitrogen functional groups attached to an aromatic ring is 1. The van der Waals surface area contributed by atoms with Crippen LogP contribution >= 0.6 is 7.82 Å². The second-order valence-corrected chi connectivity index (χ2v) is 6.08. The fourth-order valence-electron chi connectivity index (χ4n) is 1.78. The number of phosphoric ester groups is 1. The van der Waals surface area contributed by atoms with Crippen LogP contribution in [0.2, 0.25) is 0 Å². The molecule has 6 heteroatoms. The molecule has 1 aromatic carbocycles. The Morgan fingerprint density at radius 1 is 1.11 bits per heavy atom. The van der Waals surface area contributed by atoms with Gasteiger partial charge in [0.1, 0.15) is 5.75 Å². The number of anilines is 1. The third-order valence-electron chi connectivity index (χ3n) is 2.62. The van der Waals surface area contributed by atoms with Crippen LogP contribution in [0.1, 0.15) is 50.7 Å². The van der Waals surface area contributed by atoms with Crippen LogP contribution in [-0.2, 0) is 4.57 Å². The van der Waals surface area contributed by atoms with Crippen molar-refractivity contribution < 1.29 is 18.9 Å². The molecule has 4 N–H and O–H groups in total. The zero-order chi connectivity index (χ0) is 14.1. The monoisotopic (exact) mass is 273 g/mol. The highest BCUT2D eigenvalue weighted by molar-refractivity contribution is 7.46. The summed E-state index contributed by atoms with van der Waals surface area (Å²) in [6.45, 7) is 7.69. The molecule has 5 nitrogen and oxygen atoms in total. The van der Waals surface area contributed by atoms with Gasteiger partial charge in [-0.15, -0.1) is 0 Å². The Kier molecular flexibility index (Phi) is 4.43. The second kappa shape index (κ2) is 5.31. The molecule has 0 heterocycles. The van der Waals surface area contributed by atoms with Crippen LogP contribution < -0.4 is 10.3 Å². The molecular formula is C12H20NO4P. The Hall–Kier alpha value is -1.03. The maximum atomic E-state index is 11.1. The van der Waals surface area contributed by atoms with Crippen LogP contribution in [0.15, 0.2) is 12.1 Å². The van der Waals surface area contributed by atoms with Crippen molar-refractivity contribution in [3.63, 3.8) is 0 Å². The van der Waals surface area contributed by atoms with E-state index in [1.54, 1.807) is 12.1 Å². The minimum atomic E-state index is -4.58. The van der Waals surface area contributed by atoms with Crippen molar-refractivity contribution in [2.75, 3.05) is 5.73 Å². The van der Waals surface area contributed by atoms with Gasteiger partial charge in [-0.1, -0.05) is 27.7 Å². The Balaban J connectivity index is 3.46. The van der Waals surface area contributed by atoms with Crippen LogP contribution in [0.25, 0.3) is 0 Å². The van der Waals surface area contributed by atoms with Gasteiger partial charge >= 0.3 is 7.82 Å². The van der Waals surface area contributed by atoms with Crippen molar-refractivity contribution in [1.82, 2.24) is 0 Å². The zero-order valence-corrected chi connectivity index (χ0v) is 11.9. The molecule has 0 atom stereocenters. The summed E-state index contributed by atoms with van der Waals surface area (Å²) in [4.78, 5) is 18.0. The van der Waals surface area contributed by atoms with E-state index in [0.717, 1.165) is 0 Å². The first kappa shape index (κ1) is 15.0. The smallest absolute Gasteiger partial charge is 0.404 e. The van der Waals surface area contributed by atoms with Crippen LogP contribution in [0.3, 0.4) is 0 Å². The molecule has 0 bridgehead atoms. The van der Waals surface area contributed by atoms with Crippen LogP contribution in [0, 0.1) is 0 Å². The lowest BCUT2D eigenvalue weighted by Gasteiger charge is -2.20. The first-order valence-electron chi connectivity index (χ1n) is 5.80. The quantitative estimate of drug-likeness (QED) is 0.579. The van der Waals surface area contributed by atoms with Crippen molar-refractivity contribution in [3.8, 4) is 5.75 Å². The fourth-order valence-corrected chi connectivity index (χ4v) is 2.23. The van der Waals surface area contributed by atoms with E-state index in [1.807, 2.05) is 27.7 Å². The van der Waals surface area contributed by atoms with Gasteiger partial charge in [0.15, 0.2) is 0 Å². The van der Waals surface area contributed by atoms with Gasteiger partial charge in [0.05, 0.1) is 0 Å². The number of hydrogen-bond acceptors (Lipinski definition) is 3. The lowest BCUT2D eigenvalue weighted by Crippen LogP contribution is -2.04. The number of benzene rings is 1. The molecule has 18 heavy (non-hydrogen) atoms. The molecule has 0 aliphatic heterocycles. The first-order valence-corrected chi connectivity index (χ1v) is 7.33. The highest BCUT2D eigenvalue weighted by atomic mass is 31.2. The molecule has 0 fully saturated rings. The molecule has 0 spiro atoms. The predicted molar refractivity (Wildman–Crippen MR) is 71.7 cm³/mol. The Morgan fingerprint density at radius 2 is 1.50 bits per heavy atom. The topological polar surface area (TPSA) is 92.8 Å². The molecular weight excluding hydrogens is 253 g/mol. The molecule has 0 aromatic heterocycles. The third kappa shape index (κ3) is 3.73. The van der Waals surface area contributed by atoms with Crippen LogP contribution in [0.4, 0.5) is 5.69 Å². The summed E-state index contributed by atoms with van der Waals surface area (Å²) in [5.74, 6) is 0.377. The Bertz CT molecular complexity index is 450. The minimum absolute atomic E-state index is 0.0625. The van der Waals surface area contributed by atoms with Crippen LogP contribution in [-0.4, -0.2) is 9.79 Å². The molecule has 0 amide bonds. The summed E-state index contributed by atoms with van der Waals surface area (Å²) in [7, 11) is -4.58. The maximum Gasteiger partial charge on any atom is 0.524 e. The third-order valence-corrected chi connectivity index (χ3v) is 3.04. The van der Waals surface area contributed by atoms with Gasteiger partial charge in [-0.3, -0.25) is 9.79 Å². The number of hydrogen-bond donors (Lipinski definition) is 3. The number of nitrogens with two attached hydrogens (primary N) is 1. The van der Waals surface area contributed by atoms with E-state index in [1.165, 1.54) is 0 Å². The molecule has 0 aliphatic carbocycles. The normalized spacial score (nSPS) is 12.2. The van der Waals surface area contributed by atoms with Gasteiger partial charge < -0.3 is 10.3 Å².